The molecule has 0 bridgehead atoms. The van der Waals surface area contributed by atoms with E-state index in [-0.39, 0.29) is 6.61 Å². The van der Waals surface area contributed by atoms with Gasteiger partial charge in [-0.1, -0.05) is 12.7 Å². The molecule has 0 aromatic carbocycles. The number of nitrogens with zero attached hydrogens (tertiary/aromatic N) is 2. The largest absolute Gasteiger partial charge is 0.508 e. The molecule has 9 heteroatoms. The van der Waals surface area contributed by atoms with Gasteiger partial charge >= 0.3 is 12.2 Å². The third-order valence-corrected chi connectivity index (χ3v) is 1.37. The fourth-order valence-corrected chi connectivity index (χ4v) is 0.685. The number of hydrogen-bond donors (Lipinski definition) is 0. The molecule has 90 valence electrons. The average Bonchev–Trinajstić information content (AvgIpc) is 2.20. The molecule has 1 atom stereocenters. The minimum Gasteiger partial charge on any atom is -0.430 e. The van der Waals surface area contributed by atoms with Crippen molar-refractivity contribution in [1.82, 2.24) is 0 Å². The topological polar surface area (TPSA) is 122 Å². The van der Waals surface area contributed by atoms with E-state index < -0.39 is 35.2 Å². The zero-order valence-corrected chi connectivity index (χ0v) is 8.24. The van der Waals surface area contributed by atoms with Crippen molar-refractivity contribution in [3.05, 3.63) is 32.9 Å². The SMILES string of the molecule is C=CCOC(=O)OCC(C[N+](=O)[O-])[N+](=O)[O-]. The van der Waals surface area contributed by atoms with Gasteiger partial charge in [-0.3, -0.25) is 20.2 Å². The average molecular weight is 234 g/mol. The Balaban J connectivity index is 4.01. The third-order valence-electron chi connectivity index (χ3n) is 1.37. The summed E-state index contributed by atoms with van der Waals surface area (Å²) in [6.07, 6.45) is 0.151. The number of carbonyl (C=O) groups is 1. The predicted octanol–water partition coefficient (Wildman–Crippen LogP) is 0.248. The molecule has 1 unspecified atom stereocenters. The van der Waals surface area contributed by atoms with Crippen LogP contribution in [0, 0.1) is 20.2 Å². The van der Waals surface area contributed by atoms with Gasteiger partial charge in [-0.15, -0.1) is 0 Å². The Morgan fingerprint density at radius 3 is 2.44 bits per heavy atom. The molecule has 0 radical (unpaired) electrons. The second-order valence-electron chi connectivity index (χ2n) is 2.62. The van der Waals surface area contributed by atoms with Crippen molar-refractivity contribution in [3.63, 3.8) is 0 Å². The molecule has 0 aliphatic rings. The van der Waals surface area contributed by atoms with Gasteiger partial charge in [-0.05, 0) is 0 Å². The summed E-state index contributed by atoms with van der Waals surface area (Å²) in [4.78, 5) is 29.4. The first kappa shape index (κ1) is 13.8. The summed E-state index contributed by atoms with van der Waals surface area (Å²) >= 11 is 0. The van der Waals surface area contributed by atoms with E-state index in [0.717, 1.165) is 0 Å². The van der Waals surface area contributed by atoms with Crippen LogP contribution in [0.15, 0.2) is 12.7 Å². The van der Waals surface area contributed by atoms with Crippen LogP contribution in [0.2, 0.25) is 0 Å². The van der Waals surface area contributed by atoms with Gasteiger partial charge in [0.05, 0.1) is 0 Å². The summed E-state index contributed by atoms with van der Waals surface area (Å²) in [5.41, 5.74) is 0. The van der Waals surface area contributed by atoms with Gasteiger partial charge in [-0.2, -0.15) is 0 Å². The van der Waals surface area contributed by atoms with Crippen LogP contribution in [0.5, 0.6) is 0 Å². The quantitative estimate of drug-likeness (QED) is 0.267. The fraction of sp³-hybridized carbons (Fsp3) is 0.571. The van der Waals surface area contributed by atoms with Gasteiger partial charge in [0.1, 0.15) is 6.61 Å². The van der Waals surface area contributed by atoms with E-state index in [0.29, 0.717) is 0 Å². The number of rotatable bonds is 7. The van der Waals surface area contributed by atoms with Crippen molar-refractivity contribution in [2.45, 2.75) is 6.04 Å². The zero-order chi connectivity index (χ0) is 12.6. The van der Waals surface area contributed by atoms with E-state index in [4.69, 9.17) is 0 Å². The lowest BCUT2D eigenvalue weighted by atomic mass is 10.3. The van der Waals surface area contributed by atoms with Gasteiger partial charge in [0.15, 0.2) is 6.61 Å². The second-order valence-corrected chi connectivity index (χ2v) is 2.62. The molecule has 0 amide bonds. The van der Waals surface area contributed by atoms with Crippen LogP contribution in [-0.4, -0.2) is 41.8 Å². The Morgan fingerprint density at radius 2 is 2.00 bits per heavy atom. The Bertz CT molecular complexity index is 290. The van der Waals surface area contributed by atoms with Crippen LogP contribution in [0.1, 0.15) is 0 Å². The monoisotopic (exact) mass is 234 g/mol. The molecule has 16 heavy (non-hydrogen) atoms. The zero-order valence-electron chi connectivity index (χ0n) is 8.24. The lowest BCUT2D eigenvalue weighted by Gasteiger charge is -2.06. The summed E-state index contributed by atoms with van der Waals surface area (Å²) < 4.78 is 8.67. The molecule has 0 rings (SSSR count). The highest BCUT2D eigenvalue weighted by molar-refractivity contribution is 5.59. The lowest BCUT2D eigenvalue weighted by Crippen LogP contribution is -2.34. The normalized spacial score (nSPS) is 11.2. The third kappa shape index (κ3) is 6.29. The molecule has 0 saturated heterocycles. The van der Waals surface area contributed by atoms with Crippen molar-refractivity contribution >= 4 is 6.16 Å². The van der Waals surface area contributed by atoms with Crippen LogP contribution < -0.4 is 0 Å². The lowest BCUT2D eigenvalue weighted by molar-refractivity contribution is -0.589. The number of ether oxygens (including phenoxy) is 2. The molecule has 0 saturated carbocycles. The van der Waals surface area contributed by atoms with Gasteiger partial charge in [0.25, 0.3) is 6.54 Å². The first-order valence-corrected chi connectivity index (χ1v) is 4.13. The fourth-order valence-electron chi connectivity index (χ4n) is 0.685. The summed E-state index contributed by atoms with van der Waals surface area (Å²) in [7, 11) is 0. The summed E-state index contributed by atoms with van der Waals surface area (Å²) in [6, 6.07) is -1.58. The molecular formula is C7H10N2O7. The first-order chi connectivity index (χ1) is 7.47. The maximum absolute atomic E-state index is 10.7. The highest BCUT2D eigenvalue weighted by atomic mass is 16.7. The van der Waals surface area contributed by atoms with Gasteiger partial charge in [0, 0.05) is 9.85 Å². The van der Waals surface area contributed by atoms with Crippen molar-refractivity contribution in [3.8, 4) is 0 Å². The minimum atomic E-state index is -1.58. The number of carbonyl (C=O) groups excluding carboxylic acids is 1. The highest BCUT2D eigenvalue weighted by Crippen LogP contribution is 1.95. The standard InChI is InChI=1S/C7H10N2O7/c1-2-3-15-7(10)16-5-6(9(13)14)4-8(11)12/h2,6H,1,3-5H2. The van der Waals surface area contributed by atoms with Gasteiger partial charge in [0.2, 0.25) is 0 Å². The first-order valence-electron chi connectivity index (χ1n) is 4.13. The van der Waals surface area contributed by atoms with Crippen molar-refractivity contribution in [1.29, 1.82) is 0 Å². The Hall–Kier alpha value is -2.19. The van der Waals surface area contributed by atoms with E-state index in [9.17, 15) is 25.0 Å². The smallest absolute Gasteiger partial charge is 0.430 e. The van der Waals surface area contributed by atoms with Gasteiger partial charge in [-0.25, -0.2) is 4.79 Å². The maximum Gasteiger partial charge on any atom is 0.508 e. The molecule has 0 N–H and O–H groups in total. The summed E-state index contributed by atoms with van der Waals surface area (Å²) in [6.45, 7) is 1.55. The van der Waals surface area contributed by atoms with Gasteiger partial charge < -0.3 is 9.47 Å². The Kier molecular flexibility index (Phi) is 6.17. The number of hydrogen-bond acceptors (Lipinski definition) is 7. The molecule has 9 nitrogen and oxygen atoms in total. The van der Waals surface area contributed by atoms with E-state index in [1.165, 1.54) is 6.08 Å². The molecule has 0 spiro atoms. The molecular weight excluding hydrogens is 224 g/mol. The van der Waals surface area contributed by atoms with Crippen molar-refractivity contribution < 1.29 is 24.1 Å². The van der Waals surface area contributed by atoms with Crippen LogP contribution >= 0.6 is 0 Å². The minimum absolute atomic E-state index is 0.1000. The molecule has 0 aromatic heterocycles. The van der Waals surface area contributed by atoms with Crippen LogP contribution in [0.4, 0.5) is 4.79 Å². The molecule has 0 aliphatic carbocycles. The Labute approximate surface area is 89.9 Å². The Morgan fingerprint density at radius 1 is 1.38 bits per heavy atom. The van der Waals surface area contributed by atoms with E-state index >= 15 is 0 Å². The second kappa shape index (κ2) is 7.15. The van der Waals surface area contributed by atoms with Crippen LogP contribution in [0.3, 0.4) is 0 Å². The summed E-state index contributed by atoms with van der Waals surface area (Å²) in [5.74, 6) is 0. The molecule has 0 fully saturated rings. The summed E-state index contributed by atoms with van der Waals surface area (Å²) in [5, 5.41) is 20.4. The van der Waals surface area contributed by atoms with E-state index in [2.05, 4.69) is 16.1 Å². The highest BCUT2D eigenvalue weighted by Gasteiger charge is 2.28. The van der Waals surface area contributed by atoms with Crippen molar-refractivity contribution in [2.75, 3.05) is 19.8 Å². The van der Waals surface area contributed by atoms with E-state index in [1.54, 1.807) is 0 Å². The number of nitro groups is 2. The molecule has 0 aliphatic heterocycles. The maximum atomic E-state index is 10.7. The van der Waals surface area contributed by atoms with E-state index in [1.807, 2.05) is 0 Å². The van der Waals surface area contributed by atoms with Crippen molar-refractivity contribution in [2.24, 2.45) is 0 Å². The molecule has 0 heterocycles. The molecule has 0 aromatic rings. The predicted molar refractivity (Wildman–Crippen MR) is 50.1 cm³/mol. The van der Waals surface area contributed by atoms with Crippen LogP contribution in [-0.2, 0) is 9.47 Å². The van der Waals surface area contributed by atoms with Crippen LogP contribution in [0.25, 0.3) is 0 Å².